The topological polar surface area (TPSA) is 98.4 Å². The van der Waals surface area contributed by atoms with Crippen molar-refractivity contribution in [3.05, 3.63) is 45.6 Å². The second-order valence-electron chi connectivity index (χ2n) is 3.42. The van der Waals surface area contributed by atoms with E-state index in [4.69, 9.17) is 11.6 Å². The molecule has 0 bridgehead atoms. The number of hydrogen-bond acceptors (Lipinski definition) is 5. The minimum Gasteiger partial charge on any atom is -0.397 e. The van der Waals surface area contributed by atoms with Crippen molar-refractivity contribution in [3.63, 3.8) is 0 Å². The van der Waals surface area contributed by atoms with E-state index >= 15 is 0 Å². The van der Waals surface area contributed by atoms with Gasteiger partial charge in [-0.1, -0.05) is 12.1 Å². The maximum atomic E-state index is 10.6. The SMILES string of the molecule is C/C(=C(/N)c1cccc([N+](=O)[O-])c1)N(C)N. The molecule has 0 amide bonds. The van der Waals surface area contributed by atoms with Crippen LogP contribution in [0.1, 0.15) is 12.5 Å². The van der Waals surface area contributed by atoms with Crippen molar-refractivity contribution >= 4 is 11.4 Å². The molecule has 0 atom stereocenters. The van der Waals surface area contributed by atoms with Gasteiger partial charge in [0.25, 0.3) is 5.69 Å². The van der Waals surface area contributed by atoms with Crippen LogP contribution in [-0.2, 0) is 0 Å². The summed E-state index contributed by atoms with van der Waals surface area (Å²) in [6, 6.07) is 6.13. The van der Waals surface area contributed by atoms with Crippen molar-refractivity contribution in [2.45, 2.75) is 6.92 Å². The van der Waals surface area contributed by atoms with Crippen molar-refractivity contribution in [1.29, 1.82) is 0 Å². The molecule has 16 heavy (non-hydrogen) atoms. The molecule has 1 aromatic carbocycles. The highest BCUT2D eigenvalue weighted by Crippen LogP contribution is 2.19. The summed E-state index contributed by atoms with van der Waals surface area (Å²) in [5.41, 5.74) is 7.52. The molecule has 0 aliphatic carbocycles. The van der Waals surface area contributed by atoms with E-state index in [0.29, 0.717) is 17.0 Å². The summed E-state index contributed by atoms with van der Waals surface area (Å²) in [5, 5.41) is 12.0. The molecular weight excluding hydrogens is 208 g/mol. The van der Waals surface area contributed by atoms with Gasteiger partial charge in [0.15, 0.2) is 0 Å². The molecule has 0 spiro atoms. The molecule has 0 saturated heterocycles. The van der Waals surface area contributed by atoms with Crippen LogP contribution in [0.5, 0.6) is 0 Å². The smallest absolute Gasteiger partial charge is 0.270 e. The predicted octanol–water partition coefficient (Wildman–Crippen LogP) is 1.05. The first-order chi connectivity index (χ1) is 7.43. The Hall–Kier alpha value is -2.08. The van der Waals surface area contributed by atoms with Crippen LogP contribution in [0.3, 0.4) is 0 Å². The first-order valence-electron chi connectivity index (χ1n) is 4.63. The van der Waals surface area contributed by atoms with Gasteiger partial charge in [0.05, 0.1) is 10.6 Å². The molecule has 6 nitrogen and oxygen atoms in total. The maximum absolute atomic E-state index is 10.6. The zero-order valence-corrected chi connectivity index (χ0v) is 9.18. The largest absolute Gasteiger partial charge is 0.397 e. The fourth-order valence-electron chi connectivity index (χ4n) is 1.19. The van der Waals surface area contributed by atoms with E-state index in [9.17, 15) is 10.1 Å². The van der Waals surface area contributed by atoms with Crippen LogP contribution < -0.4 is 11.6 Å². The van der Waals surface area contributed by atoms with Crippen molar-refractivity contribution in [3.8, 4) is 0 Å². The Bertz CT molecular complexity index is 440. The Kier molecular flexibility index (Phi) is 3.47. The van der Waals surface area contributed by atoms with Crippen molar-refractivity contribution < 1.29 is 4.92 Å². The number of nitro groups is 1. The third kappa shape index (κ3) is 2.48. The number of nitro benzene ring substituents is 1. The molecule has 0 radical (unpaired) electrons. The van der Waals surface area contributed by atoms with Gasteiger partial charge in [0.2, 0.25) is 0 Å². The van der Waals surface area contributed by atoms with Crippen molar-refractivity contribution in [2.75, 3.05) is 7.05 Å². The monoisotopic (exact) mass is 222 g/mol. The summed E-state index contributed by atoms with van der Waals surface area (Å²) in [5.74, 6) is 5.53. The molecule has 0 aliphatic rings. The molecule has 0 unspecified atom stereocenters. The normalized spacial score (nSPS) is 11.9. The Morgan fingerprint density at radius 1 is 1.50 bits per heavy atom. The van der Waals surface area contributed by atoms with E-state index in [1.165, 1.54) is 17.1 Å². The minimum absolute atomic E-state index is 0.00734. The van der Waals surface area contributed by atoms with Crippen LogP contribution in [0.25, 0.3) is 5.70 Å². The van der Waals surface area contributed by atoms with Gasteiger partial charge in [-0.05, 0) is 6.92 Å². The molecular formula is C10H14N4O2. The van der Waals surface area contributed by atoms with Gasteiger partial charge in [-0.3, -0.25) is 10.1 Å². The van der Waals surface area contributed by atoms with Gasteiger partial charge in [0.1, 0.15) is 0 Å². The van der Waals surface area contributed by atoms with E-state index in [-0.39, 0.29) is 5.69 Å². The van der Waals surface area contributed by atoms with E-state index in [1.807, 2.05) is 0 Å². The van der Waals surface area contributed by atoms with Crippen LogP contribution in [0, 0.1) is 10.1 Å². The van der Waals surface area contributed by atoms with E-state index in [1.54, 1.807) is 26.1 Å². The average Bonchev–Trinajstić information content (AvgIpc) is 2.27. The Morgan fingerprint density at radius 2 is 2.12 bits per heavy atom. The summed E-state index contributed by atoms with van der Waals surface area (Å²) < 4.78 is 0. The molecule has 0 heterocycles. The Labute approximate surface area is 93.3 Å². The lowest BCUT2D eigenvalue weighted by molar-refractivity contribution is -0.384. The molecule has 0 aromatic heterocycles. The summed E-state index contributed by atoms with van der Waals surface area (Å²) >= 11 is 0. The lowest BCUT2D eigenvalue weighted by Crippen LogP contribution is -2.26. The predicted molar refractivity (Wildman–Crippen MR) is 61.8 cm³/mol. The quantitative estimate of drug-likeness (QED) is 0.452. The van der Waals surface area contributed by atoms with Gasteiger partial charge in [0, 0.05) is 30.4 Å². The van der Waals surface area contributed by atoms with Gasteiger partial charge >= 0.3 is 0 Å². The van der Waals surface area contributed by atoms with Gasteiger partial charge < -0.3 is 10.7 Å². The standard InChI is InChI=1S/C10H14N4O2/c1-7(13(2)12)10(11)8-4-3-5-9(6-8)14(15)16/h3-6H,11-12H2,1-2H3/b10-7-. The lowest BCUT2D eigenvalue weighted by Gasteiger charge is -2.15. The highest BCUT2D eigenvalue weighted by molar-refractivity contribution is 5.66. The second-order valence-corrected chi connectivity index (χ2v) is 3.42. The summed E-state index contributed by atoms with van der Waals surface area (Å²) in [6.07, 6.45) is 0. The molecule has 4 N–H and O–H groups in total. The first kappa shape index (κ1) is 12.0. The Balaban J connectivity index is 3.19. The molecule has 6 heteroatoms. The molecule has 0 saturated carbocycles. The molecule has 1 aromatic rings. The molecule has 86 valence electrons. The zero-order chi connectivity index (χ0) is 12.3. The average molecular weight is 222 g/mol. The summed E-state index contributed by atoms with van der Waals surface area (Å²) in [7, 11) is 1.65. The van der Waals surface area contributed by atoms with Crippen molar-refractivity contribution in [2.24, 2.45) is 11.6 Å². The van der Waals surface area contributed by atoms with Crippen molar-refractivity contribution in [1.82, 2.24) is 5.01 Å². The zero-order valence-electron chi connectivity index (χ0n) is 9.18. The number of non-ortho nitro benzene ring substituents is 1. The summed E-state index contributed by atoms with van der Waals surface area (Å²) in [6.45, 7) is 1.74. The van der Waals surface area contributed by atoms with Crippen LogP contribution >= 0.6 is 0 Å². The molecule has 0 fully saturated rings. The van der Waals surface area contributed by atoms with Crippen LogP contribution in [0.15, 0.2) is 30.0 Å². The van der Waals surface area contributed by atoms with Crippen LogP contribution in [0.4, 0.5) is 5.69 Å². The fraction of sp³-hybridized carbons (Fsp3) is 0.200. The third-order valence-corrected chi connectivity index (χ3v) is 2.29. The maximum Gasteiger partial charge on any atom is 0.270 e. The fourth-order valence-corrected chi connectivity index (χ4v) is 1.19. The summed E-state index contributed by atoms with van der Waals surface area (Å²) in [4.78, 5) is 10.1. The minimum atomic E-state index is -0.460. The van der Waals surface area contributed by atoms with Gasteiger partial charge in [-0.25, -0.2) is 5.84 Å². The number of hydrazine groups is 1. The number of nitrogens with zero attached hydrogens (tertiary/aromatic N) is 2. The number of benzene rings is 1. The van der Waals surface area contributed by atoms with Gasteiger partial charge in [-0.15, -0.1) is 0 Å². The second kappa shape index (κ2) is 4.63. The highest BCUT2D eigenvalue weighted by Gasteiger charge is 2.09. The lowest BCUT2D eigenvalue weighted by atomic mass is 10.1. The third-order valence-electron chi connectivity index (χ3n) is 2.29. The first-order valence-corrected chi connectivity index (χ1v) is 4.63. The van der Waals surface area contributed by atoms with Gasteiger partial charge in [-0.2, -0.15) is 0 Å². The number of hydrogen-bond donors (Lipinski definition) is 2. The van der Waals surface area contributed by atoms with E-state index < -0.39 is 4.92 Å². The number of nitrogens with two attached hydrogens (primary N) is 2. The number of allylic oxidation sites excluding steroid dienone is 1. The van der Waals surface area contributed by atoms with E-state index in [2.05, 4.69) is 0 Å². The van der Waals surface area contributed by atoms with E-state index in [0.717, 1.165) is 0 Å². The van der Waals surface area contributed by atoms with Crippen LogP contribution in [0.2, 0.25) is 0 Å². The molecule has 1 rings (SSSR count). The number of rotatable bonds is 3. The Morgan fingerprint density at radius 3 is 2.62 bits per heavy atom. The molecule has 0 aliphatic heterocycles. The highest BCUT2D eigenvalue weighted by atomic mass is 16.6. The van der Waals surface area contributed by atoms with Crippen LogP contribution in [-0.4, -0.2) is 17.0 Å².